The molecule has 2 aromatic carbocycles. The van der Waals surface area contributed by atoms with E-state index in [0.29, 0.717) is 16.6 Å². The average molecular weight is 343 g/mol. The summed E-state index contributed by atoms with van der Waals surface area (Å²) in [6, 6.07) is 11.6. The van der Waals surface area contributed by atoms with E-state index in [4.69, 9.17) is 21.7 Å². The summed E-state index contributed by atoms with van der Waals surface area (Å²) in [6.45, 7) is 4.11. The van der Waals surface area contributed by atoms with Gasteiger partial charge in [0.2, 0.25) is 0 Å². The molecule has 2 aromatic rings. The zero-order valence-corrected chi connectivity index (χ0v) is 15.0. The Morgan fingerprint density at radius 3 is 2.54 bits per heavy atom. The van der Waals surface area contributed by atoms with Gasteiger partial charge in [-0.05, 0) is 55.4 Å². The molecule has 0 amide bonds. The normalized spacial score (nSPS) is 10.5. The maximum atomic E-state index is 5.36. The van der Waals surface area contributed by atoms with Crippen molar-refractivity contribution in [3.63, 3.8) is 0 Å². The molecule has 126 valence electrons. The molecule has 6 heteroatoms. The molecule has 0 aromatic heterocycles. The number of anilines is 1. The Bertz CT molecular complexity index is 760. The fraction of sp³-hybridized carbons (Fsp3) is 0.222. The second-order valence-electron chi connectivity index (χ2n) is 5.15. The molecule has 2 N–H and O–H groups in total. The lowest BCUT2D eigenvalue weighted by molar-refractivity contribution is 0.354. The SMILES string of the molecule is COc1cccc(C=NNC(=S)Nc2cccc(C)c2C)c1OC. The van der Waals surface area contributed by atoms with E-state index in [1.54, 1.807) is 20.4 Å². The van der Waals surface area contributed by atoms with Crippen LogP contribution in [-0.4, -0.2) is 25.5 Å². The second kappa shape index (κ2) is 8.31. The van der Waals surface area contributed by atoms with E-state index in [-0.39, 0.29) is 0 Å². The molecule has 0 saturated heterocycles. The summed E-state index contributed by atoms with van der Waals surface area (Å²) in [4.78, 5) is 0. The fourth-order valence-electron chi connectivity index (χ4n) is 2.21. The molecule has 0 fully saturated rings. The van der Waals surface area contributed by atoms with Crippen molar-refractivity contribution in [3.8, 4) is 11.5 Å². The molecular formula is C18H21N3O2S. The first-order chi connectivity index (χ1) is 11.6. The van der Waals surface area contributed by atoms with Crippen molar-refractivity contribution in [2.75, 3.05) is 19.5 Å². The van der Waals surface area contributed by atoms with Crippen molar-refractivity contribution in [1.82, 2.24) is 5.43 Å². The van der Waals surface area contributed by atoms with Crippen LogP contribution in [0.5, 0.6) is 11.5 Å². The van der Waals surface area contributed by atoms with Crippen LogP contribution >= 0.6 is 12.2 Å². The maximum Gasteiger partial charge on any atom is 0.191 e. The molecule has 0 radical (unpaired) electrons. The van der Waals surface area contributed by atoms with Gasteiger partial charge in [0.1, 0.15) is 0 Å². The smallest absolute Gasteiger partial charge is 0.191 e. The third-order valence-corrected chi connectivity index (χ3v) is 3.85. The number of benzene rings is 2. The van der Waals surface area contributed by atoms with Gasteiger partial charge in [0, 0.05) is 11.3 Å². The Morgan fingerprint density at radius 1 is 1.08 bits per heavy atom. The molecule has 0 aliphatic heterocycles. The summed E-state index contributed by atoms with van der Waals surface area (Å²) in [7, 11) is 3.19. The minimum Gasteiger partial charge on any atom is -0.493 e. The van der Waals surface area contributed by atoms with E-state index in [9.17, 15) is 0 Å². The van der Waals surface area contributed by atoms with Crippen molar-refractivity contribution in [2.24, 2.45) is 5.10 Å². The summed E-state index contributed by atoms with van der Waals surface area (Å²) >= 11 is 5.27. The third-order valence-electron chi connectivity index (χ3n) is 3.66. The summed E-state index contributed by atoms with van der Waals surface area (Å²) in [5.74, 6) is 1.27. The van der Waals surface area contributed by atoms with Gasteiger partial charge in [-0.1, -0.05) is 18.2 Å². The lowest BCUT2D eigenvalue weighted by Gasteiger charge is -2.12. The highest BCUT2D eigenvalue weighted by atomic mass is 32.1. The number of aryl methyl sites for hydroxylation is 1. The fourth-order valence-corrected chi connectivity index (χ4v) is 2.37. The van der Waals surface area contributed by atoms with Crippen LogP contribution < -0.4 is 20.2 Å². The molecule has 0 aliphatic carbocycles. The number of hydrazone groups is 1. The first-order valence-corrected chi connectivity index (χ1v) is 7.85. The van der Waals surface area contributed by atoms with Crippen LogP contribution in [0.1, 0.15) is 16.7 Å². The third kappa shape index (κ3) is 4.23. The summed E-state index contributed by atoms with van der Waals surface area (Å²) in [6.07, 6.45) is 1.64. The Hall–Kier alpha value is -2.60. The van der Waals surface area contributed by atoms with E-state index >= 15 is 0 Å². The van der Waals surface area contributed by atoms with Crippen LogP contribution in [0.4, 0.5) is 5.69 Å². The number of hydrogen-bond acceptors (Lipinski definition) is 4. The minimum absolute atomic E-state index is 0.418. The van der Waals surface area contributed by atoms with Gasteiger partial charge in [-0.2, -0.15) is 5.10 Å². The molecule has 0 saturated carbocycles. The van der Waals surface area contributed by atoms with Crippen molar-refractivity contribution >= 4 is 29.2 Å². The largest absolute Gasteiger partial charge is 0.493 e. The van der Waals surface area contributed by atoms with Crippen molar-refractivity contribution in [3.05, 3.63) is 53.1 Å². The molecule has 0 bridgehead atoms. The molecule has 0 spiro atoms. The topological polar surface area (TPSA) is 54.9 Å². The Kier molecular flexibility index (Phi) is 6.14. The summed E-state index contributed by atoms with van der Waals surface area (Å²) < 4.78 is 10.6. The van der Waals surface area contributed by atoms with Gasteiger partial charge in [0.15, 0.2) is 16.6 Å². The van der Waals surface area contributed by atoms with Gasteiger partial charge in [0.05, 0.1) is 20.4 Å². The van der Waals surface area contributed by atoms with Crippen LogP contribution in [0, 0.1) is 13.8 Å². The van der Waals surface area contributed by atoms with Gasteiger partial charge >= 0.3 is 0 Å². The summed E-state index contributed by atoms with van der Waals surface area (Å²) in [5, 5.41) is 7.72. The molecule has 0 heterocycles. The number of thiocarbonyl (C=S) groups is 1. The molecule has 0 unspecified atom stereocenters. The van der Waals surface area contributed by atoms with Crippen LogP contribution in [0.15, 0.2) is 41.5 Å². The molecule has 24 heavy (non-hydrogen) atoms. The van der Waals surface area contributed by atoms with E-state index in [1.807, 2.05) is 37.3 Å². The summed E-state index contributed by atoms with van der Waals surface area (Å²) in [5.41, 5.74) is 6.91. The quantitative estimate of drug-likeness (QED) is 0.493. The number of nitrogens with one attached hydrogen (secondary N) is 2. The van der Waals surface area contributed by atoms with E-state index in [1.165, 1.54) is 5.56 Å². The number of nitrogens with zero attached hydrogens (tertiary/aromatic N) is 1. The van der Waals surface area contributed by atoms with Crippen LogP contribution in [0.2, 0.25) is 0 Å². The molecule has 2 rings (SSSR count). The van der Waals surface area contributed by atoms with Crippen molar-refractivity contribution in [2.45, 2.75) is 13.8 Å². The van der Waals surface area contributed by atoms with E-state index in [0.717, 1.165) is 16.8 Å². The van der Waals surface area contributed by atoms with Gasteiger partial charge in [-0.3, -0.25) is 5.43 Å². The van der Waals surface area contributed by atoms with Gasteiger partial charge in [-0.25, -0.2) is 0 Å². The first kappa shape index (κ1) is 17.7. The predicted octanol–water partition coefficient (Wildman–Crippen LogP) is 3.64. The number of rotatable bonds is 5. The van der Waals surface area contributed by atoms with Crippen LogP contribution in [0.25, 0.3) is 0 Å². The Balaban J connectivity index is 2.04. The zero-order chi connectivity index (χ0) is 17.5. The zero-order valence-electron chi connectivity index (χ0n) is 14.2. The minimum atomic E-state index is 0.418. The maximum absolute atomic E-state index is 5.36. The molecule has 5 nitrogen and oxygen atoms in total. The highest BCUT2D eigenvalue weighted by molar-refractivity contribution is 7.80. The standard InChI is InChI=1S/C18H21N3O2S/c1-12-7-5-9-15(13(12)2)20-18(24)21-19-11-14-8-6-10-16(22-3)17(14)23-4/h5-11H,1-4H3,(H2,20,21,24). The van der Waals surface area contributed by atoms with Gasteiger partial charge in [0.25, 0.3) is 0 Å². The Morgan fingerprint density at radius 2 is 1.83 bits per heavy atom. The molecule has 0 atom stereocenters. The van der Waals surface area contributed by atoms with Crippen molar-refractivity contribution < 1.29 is 9.47 Å². The lowest BCUT2D eigenvalue weighted by Crippen LogP contribution is -2.24. The lowest BCUT2D eigenvalue weighted by atomic mass is 10.1. The predicted molar refractivity (Wildman–Crippen MR) is 102 cm³/mol. The van der Waals surface area contributed by atoms with Gasteiger partial charge in [-0.15, -0.1) is 0 Å². The average Bonchev–Trinajstić information content (AvgIpc) is 2.58. The van der Waals surface area contributed by atoms with Crippen LogP contribution in [0.3, 0.4) is 0 Å². The van der Waals surface area contributed by atoms with Crippen molar-refractivity contribution in [1.29, 1.82) is 0 Å². The second-order valence-corrected chi connectivity index (χ2v) is 5.56. The first-order valence-electron chi connectivity index (χ1n) is 7.44. The van der Waals surface area contributed by atoms with E-state index < -0.39 is 0 Å². The highest BCUT2D eigenvalue weighted by Gasteiger charge is 2.07. The van der Waals surface area contributed by atoms with Gasteiger partial charge < -0.3 is 14.8 Å². The Labute approximate surface area is 147 Å². The monoisotopic (exact) mass is 343 g/mol. The van der Waals surface area contributed by atoms with E-state index in [2.05, 4.69) is 28.8 Å². The highest BCUT2D eigenvalue weighted by Crippen LogP contribution is 2.29. The number of methoxy groups -OCH3 is 2. The molecule has 0 aliphatic rings. The van der Waals surface area contributed by atoms with Crippen LogP contribution in [-0.2, 0) is 0 Å². The number of ether oxygens (including phenoxy) is 2. The number of para-hydroxylation sites is 1. The molecular weight excluding hydrogens is 322 g/mol. The number of hydrogen-bond donors (Lipinski definition) is 2.